The van der Waals surface area contributed by atoms with Gasteiger partial charge in [-0.05, 0) is 36.8 Å². The predicted molar refractivity (Wildman–Crippen MR) is 83.8 cm³/mol. The highest BCUT2D eigenvalue weighted by Gasteiger charge is 2.27. The molecule has 1 aliphatic rings. The van der Waals surface area contributed by atoms with Crippen molar-refractivity contribution in [2.24, 2.45) is 11.8 Å². The molecule has 3 nitrogen and oxygen atoms in total. The smallest absolute Gasteiger partial charge is 0.162 e. The zero-order valence-corrected chi connectivity index (χ0v) is 13.1. The van der Waals surface area contributed by atoms with E-state index < -0.39 is 0 Å². The van der Waals surface area contributed by atoms with Gasteiger partial charge in [0.25, 0.3) is 0 Å². The fourth-order valence-corrected chi connectivity index (χ4v) is 3.28. The third kappa shape index (κ3) is 3.38. The number of rotatable bonds is 5. The zero-order chi connectivity index (χ0) is 14.5. The van der Waals surface area contributed by atoms with Crippen molar-refractivity contribution < 1.29 is 9.47 Å². The summed E-state index contributed by atoms with van der Waals surface area (Å²) in [4.78, 5) is 0. The molecule has 2 rings (SSSR count). The topological polar surface area (TPSA) is 30.5 Å². The molecule has 0 aromatic heterocycles. The molecule has 0 saturated heterocycles. The molecule has 3 heteroatoms. The van der Waals surface area contributed by atoms with Crippen LogP contribution < -0.4 is 14.8 Å². The number of ether oxygens (including phenoxy) is 2. The van der Waals surface area contributed by atoms with E-state index in [1.165, 1.54) is 25.7 Å². The Bertz CT molecular complexity index is 431. The Hall–Kier alpha value is -1.38. The Kier molecular flexibility index (Phi) is 5.16. The Morgan fingerprint density at radius 2 is 1.75 bits per heavy atom. The van der Waals surface area contributed by atoms with Crippen LogP contribution in [0.3, 0.4) is 0 Å². The summed E-state index contributed by atoms with van der Waals surface area (Å²) in [6.07, 6.45) is 5.29. The molecule has 112 valence electrons. The van der Waals surface area contributed by atoms with Gasteiger partial charge in [0.05, 0.1) is 14.2 Å². The predicted octanol–water partition coefficient (Wildman–Crippen LogP) is 4.33. The van der Waals surface area contributed by atoms with Crippen LogP contribution in [-0.4, -0.2) is 20.3 Å². The lowest BCUT2D eigenvalue weighted by Gasteiger charge is -2.35. The number of hydrogen-bond donors (Lipinski definition) is 1. The second kappa shape index (κ2) is 6.87. The van der Waals surface area contributed by atoms with E-state index in [4.69, 9.17) is 9.47 Å². The van der Waals surface area contributed by atoms with E-state index in [9.17, 15) is 0 Å². The van der Waals surface area contributed by atoms with Crippen molar-refractivity contribution in [1.29, 1.82) is 0 Å². The van der Waals surface area contributed by atoms with Crippen LogP contribution in [0, 0.1) is 11.8 Å². The Morgan fingerprint density at radius 3 is 2.40 bits per heavy atom. The fourth-order valence-electron chi connectivity index (χ4n) is 3.28. The van der Waals surface area contributed by atoms with E-state index in [0.29, 0.717) is 6.04 Å². The highest BCUT2D eigenvalue weighted by Crippen LogP contribution is 2.34. The molecule has 1 N–H and O–H groups in total. The molecular weight excluding hydrogens is 250 g/mol. The Labute approximate surface area is 122 Å². The maximum absolute atomic E-state index is 5.38. The van der Waals surface area contributed by atoms with Gasteiger partial charge < -0.3 is 14.8 Å². The summed E-state index contributed by atoms with van der Waals surface area (Å²) in [5, 5.41) is 3.70. The van der Waals surface area contributed by atoms with Crippen LogP contribution in [0.5, 0.6) is 11.5 Å². The summed E-state index contributed by atoms with van der Waals surface area (Å²) in [6.45, 7) is 4.67. The maximum Gasteiger partial charge on any atom is 0.162 e. The molecule has 0 radical (unpaired) electrons. The van der Waals surface area contributed by atoms with Crippen molar-refractivity contribution in [3.8, 4) is 11.5 Å². The molecule has 2 atom stereocenters. The first-order chi connectivity index (χ1) is 9.65. The first-order valence-corrected chi connectivity index (χ1v) is 7.64. The van der Waals surface area contributed by atoms with Crippen molar-refractivity contribution in [1.82, 2.24) is 0 Å². The summed E-state index contributed by atoms with van der Waals surface area (Å²) in [6, 6.07) is 6.65. The largest absolute Gasteiger partial charge is 0.493 e. The minimum atomic E-state index is 0.571. The molecule has 1 aromatic carbocycles. The Morgan fingerprint density at radius 1 is 1.05 bits per heavy atom. The summed E-state index contributed by atoms with van der Waals surface area (Å²) in [7, 11) is 3.35. The van der Waals surface area contributed by atoms with Crippen LogP contribution in [0.4, 0.5) is 5.69 Å². The van der Waals surface area contributed by atoms with Gasteiger partial charge in [-0.25, -0.2) is 0 Å². The molecule has 0 spiro atoms. The first kappa shape index (κ1) is 15.0. The second-order valence-electron chi connectivity index (χ2n) is 6.01. The van der Waals surface area contributed by atoms with E-state index in [0.717, 1.165) is 29.0 Å². The van der Waals surface area contributed by atoms with Crippen LogP contribution in [0.1, 0.15) is 39.5 Å². The average molecular weight is 277 g/mol. The van der Waals surface area contributed by atoms with Gasteiger partial charge in [-0.1, -0.05) is 26.7 Å². The summed E-state index contributed by atoms with van der Waals surface area (Å²) >= 11 is 0. The molecule has 20 heavy (non-hydrogen) atoms. The SMILES string of the molecule is COc1ccc(NC2CCCCC2C(C)C)cc1OC. The molecule has 0 amide bonds. The Balaban J connectivity index is 2.11. The van der Waals surface area contributed by atoms with Gasteiger partial charge in [0, 0.05) is 17.8 Å². The highest BCUT2D eigenvalue weighted by atomic mass is 16.5. The van der Waals surface area contributed by atoms with Gasteiger partial charge in [0.1, 0.15) is 0 Å². The standard InChI is InChI=1S/C17H27NO2/c1-12(2)14-7-5-6-8-15(14)18-13-9-10-16(19-3)17(11-13)20-4/h9-12,14-15,18H,5-8H2,1-4H3. The fraction of sp³-hybridized carbons (Fsp3) is 0.647. The monoisotopic (exact) mass is 277 g/mol. The second-order valence-corrected chi connectivity index (χ2v) is 6.01. The molecule has 0 heterocycles. The minimum absolute atomic E-state index is 0.571. The lowest BCUT2D eigenvalue weighted by atomic mass is 9.78. The number of benzene rings is 1. The molecule has 0 aliphatic heterocycles. The van der Waals surface area contributed by atoms with Gasteiger partial charge in [-0.3, -0.25) is 0 Å². The number of hydrogen-bond acceptors (Lipinski definition) is 3. The minimum Gasteiger partial charge on any atom is -0.493 e. The molecule has 0 bridgehead atoms. The van der Waals surface area contributed by atoms with Crippen LogP contribution in [0.15, 0.2) is 18.2 Å². The van der Waals surface area contributed by atoms with Crippen molar-refractivity contribution in [3.05, 3.63) is 18.2 Å². The molecule has 2 unspecified atom stereocenters. The van der Waals surface area contributed by atoms with Crippen molar-refractivity contribution in [2.45, 2.75) is 45.6 Å². The van der Waals surface area contributed by atoms with Gasteiger partial charge in [0.15, 0.2) is 11.5 Å². The maximum atomic E-state index is 5.38. The van der Waals surface area contributed by atoms with Crippen molar-refractivity contribution in [3.63, 3.8) is 0 Å². The highest BCUT2D eigenvalue weighted by molar-refractivity contribution is 5.55. The third-order valence-corrected chi connectivity index (χ3v) is 4.41. The van der Waals surface area contributed by atoms with Crippen molar-refractivity contribution >= 4 is 5.69 Å². The van der Waals surface area contributed by atoms with Crippen LogP contribution in [0.2, 0.25) is 0 Å². The van der Waals surface area contributed by atoms with Crippen molar-refractivity contribution in [2.75, 3.05) is 19.5 Å². The molecule has 1 saturated carbocycles. The van der Waals surface area contributed by atoms with Crippen LogP contribution in [0.25, 0.3) is 0 Å². The summed E-state index contributed by atoms with van der Waals surface area (Å²) < 4.78 is 10.7. The number of nitrogens with one attached hydrogen (secondary N) is 1. The molecule has 1 aliphatic carbocycles. The number of methoxy groups -OCH3 is 2. The lowest BCUT2D eigenvalue weighted by Crippen LogP contribution is -2.35. The van der Waals surface area contributed by atoms with E-state index in [2.05, 4.69) is 25.2 Å². The van der Waals surface area contributed by atoms with Gasteiger partial charge >= 0.3 is 0 Å². The van der Waals surface area contributed by atoms with Gasteiger partial charge in [-0.2, -0.15) is 0 Å². The van der Waals surface area contributed by atoms with E-state index in [1.54, 1.807) is 14.2 Å². The van der Waals surface area contributed by atoms with E-state index in [-0.39, 0.29) is 0 Å². The van der Waals surface area contributed by atoms with Gasteiger partial charge in [0.2, 0.25) is 0 Å². The molecular formula is C17H27NO2. The van der Waals surface area contributed by atoms with E-state index in [1.807, 2.05) is 12.1 Å². The first-order valence-electron chi connectivity index (χ1n) is 7.64. The van der Waals surface area contributed by atoms with Gasteiger partial charge in [-0.15, -0.1) is 0 Å². The molecule has 1 fully saturated rings. The molecule has 1 aromatic rings. The van der Waals surface area contributed by atoms with Crippen LogP contribution >= 0.6 is 0 Å². The summed E-state index contributed by atoms with van der Waals surface area (Å²) in [5.74, 6) is 3.06. The normalized spacial score (nSPS) is 22.6. The van der Waals surface area contributed by atoms with Crippen LogP contribution in [-0.2, 0) is 0 Å². The average Bonchev–Trinajstić information content (AvgIpc) is 2.47. The number of anilines is 1. The quantitative estimate of drug-likeness (QED) is 0.869. The third-order valence-electron chi connectivity index (χ3n) is 4.41. The lowest BCUT2D eigenvalue weighted by molar-refractivity contribution is 0.253. The summed E-state index contributed by atoms with van der Waals surface area (Å²) in [5.41, 5.74) is 1.13. The van der Waals surface area contributed by atoms with E-state index >= 15 is 0 Å². The zero-order valence-electron chi connectivity index (χ0n) is 13.1.